The molecule has 0 bridgehead atoms. The smallest absolute Gasteiger partial charge is 0.127 e. The molecule has 17 heavy (non-hydrogen) atoms. The largest absolute Gasteiger partial charge is 0.390 e. The van der Waals surface area contributed by atoms with Gasteiger partial charge in [0.05, 0.1) is 12.2 Å². The van der Waals surface area contributed by atoms with Crippen LogP contribution in [0.1, 0.15) is 18.9 Å². The van der Waals surface area contributed by atoms with Crippen LogP contribution in [0.15, 0.2) is 18.2 Å². The molecule has 94 valence electrons. The second-order valence-corrected chi connectivity index (χ2v) is 4.98. The monoisotopic (exact) mass is 258 g/mol. The van der Waals surface area contributed by atoms with Gasteiger partial charge in [0.25, 0.3) is 0 Å². The van der Waals surface area contributed by atoms with E-state index in [0.29, 0.717) is 23.1 Å². The lowest BCUT2D eigenvalue weighted by Crippen LogP contribution is -2.32. The van der Waals surface area contributed by atoms with Crippen LogP contribution in [-0.4, -0.2) is 23.9 Å². The van der Waals surface area contributed by atoms with Crippen LogP contribution < -0.4 is 0 Å². The molecule has 0 spiro atoms. The molecule has 0 radical (unpaired) electrons. The Morgan fingerprint density at radius 2 is 2.35 bits per heavy atom. The molecule has 0 aromatic heterocycles. The fourth-order valence-electron chi connectivity index (χ4n) is 2.26. The quantitative estimate of drug-likeness (QED) is 0.903. The Kier molecular flexibility index (Phi) is 4.02. The van der Waals surface area contributed by atoms with Crippen molar-refractivity contribution in [1.82, 2.24) is 0 Å². The summed E-state index contributed by atoms with van der Waals surface area (Å²) in [5.74, 6) is -0.0715. The van der Waals surface area contributed by atoms with Gasteiger partial charge in [0.15, 0.2) is 0 Å². The molecule has 4 heteroatoms. The van der Waals surface area contributed by atoms with E-state index in [9.17, 15) is 9.50 Å². The van der Waals surface area contributed by atoms with Crippen molar-refractivity contribution in [1.29, 1.82) is 0 Å². The van der Waals surface area contributed by atoms with Crippen molar-refractivity contribution in [3.63, 3.8) is 0 Å². The summed E-state index contributed by atoms with van der Waals surface area (Å²) >= 11 is 5.92. The first-order valence-electron chi connectivity index (χ1n) is 5.82. The van der Waals surface area contributed by atoms with E-state index in [0.717, 1.165) is 6.42 Å². The molecule has 1 aliphatic heterocycles. The Morgan fingerprint density at radius 3 is 2.94 bits per heavy atom. The van der Waals surface area contributed by atoms with Crippen LogP contribution >= 0.6 is 11.6 Å². The van der Waals surface area contributed by atoms with E-state index in [-0.39, 0.29) is 18.3 Å². The fraction of sp³-hybridized carbons (Fsp3) is 0.538. The van der Waals surface area contributed by atoms with Crippen molar-refractivity contribution in [2.75, 3.05) is 6.61 Å². The molecule has 1 N–H and O–H groups in total. The molecule has 3 unspecified atom stereocenters. The van der Waals surface area contributed by atoms with Gasteiger partial charge in [0.1, 0.15) is 5.82 Å². The molecular formula is C13H16ClFO2. The van der Waals surface area contributed by atoms with Crippen LogP contribution in [0.3, 0.4) is 0 Å². The zero-order valence-electron chi connectivity index (χ0n) is 9.70. The molecule has 2 nitrogen and oxygen atoms in total. The maximum Gasteiger partial charge on any atom is 0.127 e. The number of aliphatic hydroxyl groups excluding tert-OH is 1. The second-order valence-electron chi connectivity index (χ2n) is 4.57. The molecule has 0 saturated carbocycles. The maximum atomic E-state index is 13.6. The summed E-state index contributed by atoms with van der Waals surface area (Å²) in [5, 5.41) is 10.4. The zero-order valence-corrected chi connectivity index (χ0v) is 10.5. The second kappa shape index (κ2) is 5.34. The molecule has 1 aromatic rings. The predicted molar refractivity (Wildman–Crippen MR) is 64.6 cm³/mol. The van der Waals surface area contributed by atoms with Gasteiger partial charge < -0.3 is 9.84 Å². The third-order valence-corrected chi connectivity index (χ3v) is 3.65. The number of rotatable bonds is 3. The Balaban J connectivity index is 2.10. The molecule has 1 saturated heterocycles. The van der Waals surface area contributed by atoms with Crippen molar-refractivity contribution in [3.8, 4) is 0 Å². The average molecular weight is 259 g/mol. The molecule has 0 amide bonds. The number of benzene rings is 1. The molecule has 1 aromatic carbocycles. The van der Waals surface area contributed by atoms with Crippen molar-refractivity contribution in [2.24, 2.45) is 5.92 Å². The van der Waals surface area contributed by atoms with E-state index in [2.05, 4.69) is 0 Å². The summed E-state index contributed by atoms with van der Waals surface area (Å²) in [7, 11) is 0. The minimum Gasteiger partial charge on any atom is -0.390 e. The number of hydrogen-bond acceptors (Lipinski definition) is 2. The van der Waals surface area contributed by atoms with Gasteiger partial charge in [-0.3, -0.25) is 0 Å². The van der Waals surface area contributed by atoms with Gasteiger partial charge in [-0.15, -0.1) is 0 Å². The molecule has 0 aliphatic carbocycles. The number of aliphatic hydroxyl groups is 1. The van der Waals surface area contributed by atoms with Crippen LogP contribution in [0.25, 0.3) is 0 Å². The molecule has 2 rings (SSSR count). The molecule has 1 heterocycles. The first-order chi connectivity index (χ1) is 8.09. The van der Waals surface area contributed by atoms with Gasteiger partial charge in [0.2, 0.25) is 0 Å². The summed E-state index contributed by atoms with van der Waals surface area (Å²) in [6, 6.07) is 4.54. The van der Waals surface area contributed by atoms with E-state index in [1.165, 1.54) is 6.07 Å². The molecule has 1 fully saturated rings. The van der Waals surface area contributed by atoms with Crippen molar-refractivity contribution < 1.29 is 14.2 Å². The summed E-state index contributed by atoms with van der Waals surface area (Å²) in [6.07, 6.45) is 0.209. The van der Waals surface area contributed by atoms with Crippen LogP contribution in [0.2, 0.25) is 5.02 Å². The predicted octanol–water partition coefficient (Wildman–Crippen LogP) is 2.81. The third-order valence-electron chi connectivity index (χ3n) is 3.30. The van der Waals surface area contributed by atoms with Crippen LogP contribution in [0.5, 0.6) is 0 Å². The topological polar surface area (TPSA) is 29.5 Å². The molecule has 3 atom stereocenters. The lowest BCUT2D eigenvalue weighted by molar-refractivity contribution is -0.0160. The van der Waals surface area contributed by atoms with Gasteiger partial charge in [-0.25, -0.2) is 4.39 Å². The summed E-state index contributed by atoms with van der Waals surface area (Å²) in [5.41, 5.74) is 0.365. The minimum absolute atomic E-state index is 0.195. The van der Waals surface area contributed by atoms with Gasteiger partial charge >= 0.3 is 0 Å². The van der Waals surface area contributed by atoms with Crippen LogP contribution in [0, 0.1) is 11.7 Å². The normalized spacial score (nSPS) is 26.1. The minimum atomic E-state index is -0.707. The third kappa shape index (κ3) is 2.79. The van der Waals surface area contributed by atoms with Crippen molar-refractivity contribution in [3.05, 3.63) is 34.6 Å². The fourth-order valence-corrected chi connectivity index (χ4v) is 2.50. The Morgan fingerprint density at radius 1 is 1.59 bits per heavy atom. The summed E-state index contributed by atoms with van der Waals surface area (Å²) in [6.45, 7) is 2.69. The highest BCUT2D eigenvalue weighted by Crippen LogP contribution is 2.27. The SMILES string of the molecule is CC1CCOC1C(O)Cc1c(F)cccc1Cl. The molecular weight excluding hydrogens is 243 g/mol. The highest BCUT2D eigenvalue weighted by atomic mass is 35.5. The first-order valence-corrected chi connectivity index (χ1v) is 6.20. The zero-order chi connectivity index (χ0) is 12.4. The number of halogens is 2. The van der Waals surface area contributed by atoms with E-state index in [4.69, 9.17) is 16.3 Å². The maximum absolute atomic E-state index is 13.6. The highest BCUT2D eigenvalue weighted by Gasteiger charge is 2.31. The lowest BCUT2D eigenvalue weighted by Gasteiger charge is -2.21. The Labute approximate surface area is 105 Å². The summed E-state index contributed by atoms with van der Waals surface area (Å²) < 4.78 is 19.0. The van der Waals surface area contributed by atoms with E-state index in [1.54, 1.807) is 12.1 Å². The lowest BCUT2D eigenvalue weighted by atomic mass is 9.95. The average Bonchev–Trinajstić information content (AvgIpc) is 2.70. The van der Waals surface area contributed by atoms with Gasteiger partial charge in [-0.1, -0.05) is 24.6 Å². The van der Waals surface area contributed by atoms with Crippen LogP contribution in [0.4, 0.5) is 4.39 Å². The van der Waals surface area contributed by atoms with E-state index >= 15 is 0 Å². The first kappa shape index (κ1) is 12.8. The Hall–Kier alpha value is -0.640. The van der Waals surface area contributed by atoms with E-state index < -0.39 is 6.10 Å². The number of hydrogen-bond donors (Lipinski definition) is 1. The van der Waals surface area contributed by atoms with Gasteiger partial charge in [-0.05, 0) is 24.5 Å². The highest BCUT2D eigenvalue weighted by molar-refractivity contribution is 6.31. The van der Waals surface area contributed by atoms with Gasteiger partial charge in [0, 0.05) is 23.6 Å². The molecule has 1 aliphatic rings. The summed E-state index contributed by atoms with van der Waals surface area (Å²) in [4.78, 5) is 0. The standard InChI is InChI=1S/C13H16ClFO2/c1-8-5-6-17-13(8)12(16)7-9-10(14)3-2-4-11(9)15/h2-4,8,12-13,16H,5-7H2,1H3. The van der Waals surface area contributed by atoms with Crippen LogP contribution in [-0.2, 0) is 11.2 Å². The van der Waals surface area contributed by atoms with Crippen molar-refractivity contribution >= 4 is 11.6 Å². The Bertz CT molecular complexity index is 377. The van der Waals surface area contributed by atoms with Crippen molar-refractivity contribution in [2.45, 2.75) is 32.0 Å². The number of ether oxygens (including phenoxy) is 1. The van der Waals surface area contributed by atoms with E-state index in [1.807, 2.05) is 6.92 Å². The van der Waals surface area contributed by atoms with Gasteiger partial charge in [-0.2, -0.15) is 0 Å².